The highest BCUT2D eigenvalue weighted by molar-refractivity contribution is 7.11. The van der Waals surface area contributed by atoms with Crippen LogP contribution in [0.25, 0.3) is 0 Å². The smallest absolute Gasteiger partial charge is 0.220 e. The molecule has 1 aromatic heterocycles. The van der Waals surface area contributed by atoms with E-state index >= 15 is 0 Å². The fraction of sp³-hybridized carbons (Fsp3) is 0.375. The van der Waals surface area contributed by atoms with Crippen LogP contribution in [-0.4, -0.2) is 17.4 Å². The summed E-state index contributed by atoms with van der Waals surface area (Å²) >= 11 is 1.62. The molecule has 1 aromatic carbocycles. The summed E-state index contributed by atoms with van der Waals surface area (Å²) < 4.78 is 26.9. The molecule has 0 fully saturated rings. The van der Waals surface area contributed by atoms with Crippen molar-refractivity contribution in [1.29, 1.82) is 0 Å². The van der Waals surface area contributed by atoms with Gasteiger partial charge in [0.25, 0.3) is 0 Å². The van der Waals surface area contributed by atoms with Gasteiger partial charge in [0, 0.05) is 29.8 Å². The van der Waals surface area contributed by atoms with Crippen LogP contribution in [0.2, 0.25) is 0 Å². The summed E-state index contributed by atoms with van der Waals surface area (Å²) in [5, 5.41) is 3.78. The van der Waals surface area contributed by atoms with Crippen LogP contribution < -0.4 is 5.32 Å². The van der Waals surface area contributed by atoms with Gasteiger partial charge in [0.2, 0.25) is 5.91 Å². The Morgan fingerprint density at radius 1 is 1.23 bits per heavy atom. The molecule has 0 saturated heterocycles. The number of thiazole rings is 1. The Labute approximate surface area is 132 Å². The van der Waals surface area contributed by atoms with Crippen molar-refractivity contribution in [3.8, 4) is 0 Å². The number of carbonyl (C=O) groups is 1. The maximum Gasteiger partial charge on any atom is 0.220 e. The van der Waals surface area contributed by atoms with Crippen LogP contribution in [0.15, 0.2) is 18.2 Å². The molecule has 2 aromatic rings. The maximum absolute atomic E-state index is 13.4. The lowest BCUT2D eigenvalue weighted by atomic mass is 10.1. The number of nitrogens with zero attached hydrogens (tertiary/aromatic N) is 1. The van der Waals surface area contributed by atoms with Gasteiger partial charge in [0.1, 0.15) is 11.6 Å². The zero-order valence-electron chi connectivity index (χ0n) is 12.6. The van der Waals surface area contributed by atoms with E-state index in [4.69, 9.17) is 0 Å². The lowest BCUT2D eigenvalue weighted by Crippen LogP contribution is -2.26. The third-order valence-corrected chi connectivity index (χ3v) is 4.47. The van der Waals surface area contributed by atoms with Crippen LogP contribution in [0.4, 0.5) is 8.78 Å². The molecule has 1 N–H and O–H groups in total. The zero-order chi connectivity index (χ0) is 16.1. The standard InChI is InChI=1S/C16H18F2N2OS/c1-10-15(22-11(2)20-10)8-9-19-16(21)7-6-12-13(17)4-3-5-14(12)18/h3-5H,6-9H2,1-2H3,(H,19,21). The molecule has 0 atom stereocenters. The quantitative estimate of drug-likeness (QED) is 0.885. The van der Waals surface area contributed by atoms with Crippen molar-refractivity contribution in [3.05, 3.63) is 51.0 Å². The molecule has 0 saturated carbocycles. The van der Waals surface area contributed by atoms with E-state index in [0.717, 1.165) is 22.0 Å². The summed E-state index contributed by atoms with van der Waals surface area (Å²) in [5.41, 5.74) is 0.955. The van der Waals surface area contributed by atoms with Gasteiger partial charge in [-0.05, 0) is 32.4 Å². The monoisotopic (exact) mass is 324 g/mol. The third-order valence-electron chi connectivity index (χ3n) is 3.34. The fourth-order valence-corrected chi connectivity index (χ4v) is 3.16. The first kappa shape index (κ1) is 16.5. The lowest BCUT2D eigenvalue weighted by Gasteiger charge is -2.06. The van der Waals surface area contributed by atoms with E-state index < -0.39 is 11.6 Å². The normalized spacial score (nSPS) is 10.7. The Morgan fingerprint density at radius 3 is 2.50 bits per heavy atom. The van der Waals surface area contributed by atoms with E-state index in [0.29, 0.717) is 6.54 Å². The number of hydrogen-bond donors (Lipinski definition) is 1. The van der Waals surface area contributed by atoms with Gasteiger partial charge in [0.05, 0.1) is 10.7 Å². The Bertz CT molecular complexity index is 650. The van der Waals surface area contributed by atoms with Crippen molar-refractivity contribution >= 4 is 17.2 Å². The first-order valence-electron chi connectivity index (χ1n) is 7.10. The van der Waals surface area contributed by atoms with E-state index in [-0.39, 0.29) is 24.3 Å². The SMILES string of the molecule is Cc1nc(C)c(CCNC(=O)CCc2c(F)cccc2F)s1. The van der Waals surface area contributed by atoms with E-state index in [2.05, 4.69) is 10.3 Å². The zero-order valence-corrected chi connectivity index (χ0v) is 13.4. The third kappa shape index (κ3) is 4.34. The van der Waals surface area contributed by atoms with Gasteiger partial charge in [-0.3, -0.25) is 4.79 Å². The average molecular weight is 324 g/mol. The van der Waals surface area contributed by atoms with E-state index in [1.165, 1.54) is 18.2 Å². The number of carbonyl (C=O) groups excluding carboxylic acids is 1. The van der Waals surface area contributed by atoms with E-state index in [9.17, 15) is 13.6 Å². The number of aromatic nitrogens is 1. The minimum Gasteiger partial charge on any atom is -0.356 e. The average Bonchev–Trinajstić information content (AvgIpc) is 2.76. The highest BCUT2D eigenvalue weighted by Crippen LogP contribution is 2.17. The summed E-state index contributed by atoms with van der Waals surface area (Å²) in [4.78, 5) is 17.2. The molecule has 0 radical (unpaired) electrons. The molecule has 0 aliphatic heterocycles. The topological polar surface area (TPSA) is 42.0 Å². The largest absolute Gasteiger partial charge is 0.356 e. The molecule has 0 bridgehead atoms. The number of rotatable bonds is 6. The van der Waals surface area contributed by atoms with Crippen LogP contribution in [0.5, 0.6) is 0 Å². The molecule has 0 aliphatic rings. The highest BCUT2D eigenvalue weighted by Gasteiger charge is 2.11. The Kier molecular flexibility index (Phi) is 5.60. The molecule has 0 unspecified atom stereocenters. The molecule has 1 amide bonds. The second kappa shape index (κ2) is 7.45. The minimum atomic E-state index is -0.608. The molecule has 118 valence electrons. The Balaban J connectivity index is 1.78. The first-order chi connectivity index (χ1) is 10.5. The second-order valence-corrected chi connectivity index (χ2v) is 6.33. The highest BCUT2D eigenvalue weighted by atomic mass is 32.1. The predicted molar refractivity (Wildman–Crippen MR) is 83.0 cm³/mol. The van der Waals surface area contributed by atoms with Crippen molar-refractivity contribution in [1.82, 2.24) is 10.3 Å². The molecule has 22 heavy (non-hydrogen) atoms. The van der Waals surface area contributed by atoms with Crippen molar-refractivity contribution in [2.45, 2.75) is 33.1 Å². The molecule has 0 spiro atoms. The summed E-state index contributed by atoms with van der Waals surface area (Å²) in [6, 6.07) is 3.71. The summed E-state index contributed by atoms with van der Waals surface area (Å²) in [6.45, 7) is 4.39. The fourth-order valence-electron chi connectivity index (χ4n) is 2.22. The second-order valence-electron chi connectivity index (χ2n) is 5.04. The van der Waals surface area contributed by atoms with Gasteiger partial charge in [-0.2, -0.15) is 0 Å². The molecule has 6 heteroatoms. The van der Waals surface area contributed by atoms with Crippen molar-refractivity contribution < 1.29 is 13.6 Å². The maximum atomic E-state index is 13.4. The summed E-state index contributed by atoms with van der Waals surface area (Å²) in [5.74, 6) is -1.42. The van der Waals surface area contributed by atoms with Crippen molar-refractivity contribution in [3.63, 3.8) is 0 Å². The molecule has 3 nitrogen and oxygen atoms in total. The van der Waals surface area contributed by atoms with Crippen molar-refractivity contribution in [2.75, 3.05) is 6.54 Å². The lowest BCUT2D eigenvalue weighted by molar-refractivity contribution is -0.121. The van der Waals surface area contributed by atoms with E-state index in [1.807, 2.05) is 13.8 Å². The Morgan fingerprint density at radius 2 is 1.91 bits per heavy atom. The number of aryl methyl sites for hydroxylation is 2. The summed E-state index contributed by atoms with van der Waals surface area (Å²) in [7, 11) is 0. The van der Waals surface area contributed by atoms with Crippen LogP contribution in [0.1, 0.15) is 27.6 Å². The van der Waals surface area contributed by atoms with Gasteiger partial charge < -0.3 is 5.32 Å². The molecule has 2 rings (SSSR count). The minimum absolute atomic E-state index is 0.0356. The van der Waals surface area contributed by atoms with Gasteiger partial charge in [-0.15, -0.1) is 11.3 Å². The van der Waals surface area contributed by atoms with Crippen molar-refractivity contribution in [2.24, 2.45) is 0 Å². The summed E-state index contributed by atoms with van der Waals surface area (Å²) in [6.07, 6.45) is 0.846. The number of benzene rings is 1. The van der Waals surface area contributed by atoms with E-state index in [1.54, 1.807) is 11.3 Å². The molecular formula is C16H18F2N2OS. The molecule has 1 heterocycles. The predicted octanol–water partition coefficient (Wildman–Crippen LogP) is 3.33. The number of halogens is 2. The number of hydrogen-bond acceptors (Lipinski definition) is 3. The van der Waals surface area contributed by atoms with Crippen LogP contribution in [0.3, 0.4) is 0 Å². The van der Waals surface area contributed by atoms with Gasteiger partial charge in [-0.25, -0.2) is 13.8 Å². The first-order valence-corrected chi connectivity index (χ1v) is 7.91. The van der Waals surface area contributed by atoms with Gasteiger partial charge >= 0.3 is 0 Å². The van der Waals surface area contributed by atoms with Gasteiger partial charge in [0.15, 0.2) is 0 Å². The van der Waals surface area contributed by atoms with Crippen LogP contribution in [-0.2, 0) is 17.6 Å². The molecular weight excluding hydrogens is 306 g/mol. The number of nitrogens with one attached hydrogen (secondary N) is 1. The Hall–Kier alpha value is -1.82. The van der Waals surface area contributed by atoms with Crippen LogP contribution >= 0.6 is 11.3 Å². The molecule has 0 aliphatic carbocycles. The number of amides is 1. The van der Waals surface area contributed by atoms with Gasteiger partial charge in [-0.1, -0.05) is 6.07 Å². The van der Waals surface area contributed by atoms with Crippen LogP contribution in [0, 0.1) is 25.5 Å².